The first kappa shape index (κ1) is 21.5. The number of alkyl halides is 3. The molecule has 2 aliphatic rings. The van der Waals surface area contributed by atoms with Crippen molar-refractivity contribution < 1.29 is 18.0 Å². The van der Waals surface area contributed by atoms with Gasteiger partial charge in [0.2, 0.25) is 0 Å². The van der Waals surface area contributed by atoms with E-state index < -0.39 is 18.3 Å². The summed E-state index contributed by atoms with van der Waals surface area (Å²) in [6.07, 6.45) is -1.65. The Labute approximate surface area is 177 Å². The first-order chi connectivity index (χ1) is 14.6. The molecule has 4 heterocycles. The highest BCUT2D eigenvalue weighted by Crippen LogP contribution is 2.42. The highest BCUT2D eigenvalue weighted by atomic mass is 19.4. The normalized spacial score (nSPS) is 23.7. The number of hydrogen-bond acceptors (Lipinski definition) is 4. The zero-order valence-corrected chi connectivity index (χ0v) is 17.7. The van der Waals surface area contributed by atoms with Crippen molar-refractivity contribution in [1.82, 2.24) is 19.2 Å². The maximum absolute atomic E-state index is 13.8. The molecule has 2 aromatic rings. The van der Waals surface area contributed by atoms with E-state index in [1.54, 1.807) is 24.1 Å². The minimum atomic E-state index is -4.41. The van der Waals surface area contributed by atoms with Gasteiger partial charge in [0, 0.05) is 43.5 Å². The van der Waals surface area contributed by atoms with Gasteiger partial charge in [-0.2, -0.15) is 18.3 Å². The van der Waals surface area contributed by atoms with Crippen molar-refractivity contribution in [3.05, 3.63) is 46.0 Å². The summed E-state index contributed by atoms with van der Waals surface area (Å²) in [5.41, 5.74) is 0.414. The van der Waals surface area contributed by atoms with E-state index in [-0.39, 0.29) is 35.4 Å². The second kappa shape index (κ2) is 7.72. The number of halogens is 3. The van der Waals surface area contributed by atoms with Gasteiger partial charge in [0.1, 0.15) is 5.82 Å². The summed E-state index contributed by atoms with van der Waals surface area (Å²) in [5.74, 6) is 0.0453. The lowest BCUT2D eigenvalue weighted by atomic mass is 9.94. The quantitative estimate of drug-likeness (QED) is 0.798. The Hall–Kier alpha value is -2.78. The van der Waals surface area contributed by atoms with Crippen molar-refractivity contribution in [1.29, 1.82) is 0 Å². The Morgan fingerprint density at radius 1 is 1.29 bits per heavy atom. The third-order valence-corrected chi connectivity index (χ3v) is 6.25. The van der Waals surface area contributed by atoms with Gasteiger partial charge in [-0.15, -0.1) is 0 Å². The Kier molecular flexibility index (Phi) is 5.35. The molecule has 3 atom stereocenters. The van der Waals surface area contributed by atoms with Crippen LogP contribution in [0.1, 0.15) is 61.2 Å². The van der Waals surface area contributed by atoms with Crippen LogP contribution in [0.3, 0.4) is 0 Å². The molecule has 0 unspecified atom stereocenters. The Morgan fingerprint density at radius 2 is 2.03 bits per heavy atom. The number of carbonyl (C=O) groups is 1. The van der Waals surface area contributed by atoms with E-state index in [4.69, 9.17) is 0 Å². The molecule has 0 aromatic carbocycles. The van der Waals surface area contributed by atoms with Crippen LogP contribution in [0.5, 0.6) is 0 Å². The summed E-state index contributed by atoms with van der Waals surface area (Å²) in [5, 5.41) is 7.49. The van der Waals surface area contributed by atoms with Crippen LogP contribution in [0.2, 0.25) is 0 Å². The Balaban J connectivity index is 1.66. The molecule has 4 rings (SSSR count). The van der Waals surface area contributed by atoms with Crippen LogP contribution in [0, 0.1) is 5.92 Å². The minimum absolute atomic E-state index is 0.0298. The van der Waals surface area contributed by atoms with Crippen molar-refractivity contribution >= 4 is 11.7 Å². The molecule has 0 saturated carbocycles. The van der Waals surface area contributed by atoms with Gasteiger partial charge in [-0.25, -0.2) is 4.68 Å². The van der Waals surface area contributed by atoms with Gasteiger partial charge < -0.3 is 14.8 Å². The number of amides is 1. The Morgan fingerprint density at radius 3 is 2.68 bits per heavy atom. The maximum atomic E-state index is 13.8. The van der Waals surface area contributed by atoms with Crippen LogP contribution < -0.4 is 10.9 Å². The van der Waals surface area contributed by atoms with Crippen molar-refractivity contribution in [3.8, 4) is 0 Å². The topological polar surface area (TPSA) is 72.2 Å². The number of nitrogens with one attached hydrogen (secondary N) is 1. The largest absolute Gasteiger partial charge is 0.410 e. The lowest BCUT2D eigenvalue weighted by Gasteiger charge is -2.35. The molecule has 0 radical (unpaired) electrons. The van der Waals surface area contributed by atoms with Gasteiger partial charge in [0.05, 0.1) is 11.7 Å². The first-order valence-corrected chi connectivity index (χ1v) is 10.5. The number of likely N-dealkylation sites (tertiary alicyclic amines) is 1. The molecule has 1 amide bonds. The fourth-order valence-electron chi connectivity index (χ4n) is 4.39. The monoisotopic (exact) mass is 437 g/mol. The summed E-state index contributed by atoms with van der Waals surface area (Å²) < 4.78 is 43.7. The van der Waals surface area contributed by atoms with E-state index in [2.05, 4.69) is 10.4 Å². The van der Waals surface area contributed by atoms with E-state index in [0.717, 1.165) is 4.68 Å². The zero-order chi connectivity index (χ0) is 22.5. The lowest BCUT2D eigenvalue weighted by Crippen LogP contribution is -2.41. The van der Waals surface area contributed by atoms with E-state index in [1.807, 2.05) is 13.8 Å². The summed E-state index contributed by atoms with van der Waals surface area (Å²) >= 11 is 0. The Bertz CT molecular complexity index is 1040. The van der Waals surface area contributed by atoms with Crippen LogP contribution in [0.4, 0.5) is 19.0 Å². The van der Waals surface area contributed by atoms with Gasteiger partial charge in [0.25, 0.3) is 11.5 Å². The van der Waals surface area contributed by atoms with Crippen molar-refractivity contribution in [3.63, 3.8) is 0 Å². The van der Waals surface area contributed by atoms with Gasteiger partial charge in [-0.3, -0.25) is 9.59 Å². The number of hydrogen-bond donors (Lipinski definition) is 1. The summed E-state index contributed by atoms with van der Waals surface area (Å²) in [6.45, 7) is 4.24. The fraction of sp³-hybridized carbons (Fsp3) is 0.571. The molecule has 2 aliphatic heterocycles. The number of nitrogens with zero attached hydrogens (tertiary/aromatic N) is 4. The number of aromatic nitrogens is 3. The molecule has 2 aromatic heterocycles. The molecular weight excluding hydrogens is 411 g/mol. The van der Waals surface area contributed by atoms with Crippen molar-refractivity contribution in [2.45, 2.75) is 57.4 Å². The molecular formula is C21H26F3N5O2. The SMILES string of the molecule is CC(C)[C@@H]1C[C@H](C(F)(F)F)n2nc([C@@H]3CCCN3C(=O)c3ccn(C)c(=O)c3)cc2N1. The molecule has 0 aliphatic carbocycles. The standard InChI is InChI=1S/C21H26F3N5O2/c1-12(2)14-10-17(21(22,23)24)29-18(25-14)11-15(26-29)16-5-4-7-28(16)20(31)13-6-8-27(3)19(30)9-13/h6,8-9,11-12,14,16-17,25H,4-5,7,10H2,1-3H3/t14-,16-,17+/m0/s1. The van der Waals surface area contributed by atoms with Gasteiger partial charge in [0.15, 0.2) is 6.04 Å². The number of pyridine rings is 1. The molecule has 1 fully saturated rings. The van der Waals surface area contributed by atoms with Gasteiger partial charge in [-0.05, 0) is 31.2 Å². The van der Waals surface area contributed by atoms with Crippen molar-refractivity contribution in [2.24, 2.45) is 13.0 Å². The van der Waals surface area contributed by atoms with E-state index >= 15 is 0 Å². The molecule has 31 heavy (non-hydrogen) atoms. The first-order valence-electron chi connectivity index (χ1n) is 10.5. The highest BCUT2D eigenvalue weighted by Gasteiger charge is 2.47. The van der Waals surface area contributed by atoms with Gasteiger partial charge >= 0.3 is 6.18 Å². The fourth-order valence-corrected chi connectivity index (χ4v) is 4.39. The molecule has 1 saturated heterocycles. The third-order valence-electron chi connectivity index (χ3n) is 6.25. The lowest BCUT2D eigenvalue weighted by molar-refractivity contribution is -0.174. The van der Waals surface area contributed by atoms with Crippen molar-refractivity contribution in [2.75, 3.05) is 11.9 Å². The molecule has 10 heteroatoms. The number of anilines is 1. The number of aryl methyl sites for hydroxylation is 1. The summed E-state index contributed by atoms with van der Waals surface area (Å²) in [4.78, 5) is 26.6. The molecule has 0 bridgehead atoms. The smallest absolute Gasteiger partial charge is 0.367 e. The molecule has 1 N–H and O–H groups in total. The maximum Gasteiger partial charge on any atom is 0.410 e. The van der Waals surface area contributed by atoms with Crippen LogP contribution >= 0.6 is 0 Å². The predicted molar refractivity (Wildman–Crippen MR) is 109 cm³/mol. The molecule has 168 valence electrons. The van der Waals surface area contributed by atoms with Gasteiger partial charge in [-0.1, -0.05) is 13.8 Å². The zero-order valence-electron chi connectivity index (χ0n) is 17.7. The number of rotatable bonds is 3. The second-order valence-electron chi connectivity index (χ2n) is 8.71. The second-order valence-corrected chi connectivity index (χ2v) is 8.71. The minimum Gasteiger partial charge on any atom is -0.367 e. The van der Waals surface area contributed by atoms with E-state index in [9.17, 15) is 22.8 Å². The molecule has 0 spiro atoms. The predicted octanol–water partition coefficient (Wildman–Crippen LogP) is 3.50. The van der Waals surface area contributed by atoms with Crippen LogP contribution in [0.15, 0.2) is 29.2 Å². The van der Waals surface area contributed by atoms with Crippen LogP contribution in [-0.2, 0) is 7.05 Å². The summed E-state index contributed by atoms with van der Waals surface area (Å²) in [7, 11) is 1.60. The number of fused-ring (bicyclic) bond motifs is 1. The van der Waals surface area contributed by atoms with E-state index in [1.165, 1.54) is 16.8 Å². The van der Waals surface area contributed by atoms with Crippen LogP contribution in [0.25, 0.3) is 0 Å². The average molecular weight is 437 g/mol. The van der Waals surface area contributed by atoms with E-state index in [0.29, 0.717) is 30.9 Å². The summed E-state index contributed by atoms with van der Waals surface area (Å²) in [6, 6.07) is 2.05. The highest BCUT2D eigenvalue weighted by molar-refractivity contribution is 5.94. The third kappa shape index (κ3) is 3.95. The van der Waals surface area contributed by atoms with Crippen LogP contribution in [-0.4, -0.2) is 43.9 Å². The number of carbonyl (C=O) groups excluding carboxylic acids is 1. The molecule has 7 nitrogen and oxygen atoms in total. The average Bonchev–Trinajstić information content (AvgIpc) is 3.34.